The van der Waals surface area contributed by atoms with Crippen molar-refractivity contribution in [3.05, 3.63) is 28.8 Å². The van der Waals surface area contributed by atoms with E-state index in [1.54, 1.807) is 13.0 Å². The summed E-state index contributed by atoms with van der Waals surface area (Å²) in [5.41, 5.74) is -0.737. The third kappa shape index (κ3) is 3.17. The van der Waals surface area contributed by atoms with Gasteiger partial charge in [0, 0.05) is 0 Å². The molecule has 0 amide bonds. The van der Waals surface area contributed by atoms with Crippen LogP contribution in [-0.2, 0) is 16.0 Å². The zero-order valence-corrected chi connectivity index (χ0v) is 9.61. The van der Waals surface area contributed by atoms with Crippen LogP contribution in [0.4, 0.5) is 8.78 Å². The molecule has 0 bridgehead atoms. The second kappa shape index (κ2) is 5.96. The summed E-state index contributed by atoms with van der Waals surface area (Å²) >= 11 is 0. The number of hydrogen-bond acceptors (Lipinski definition) is 4. The Morgan fingerprint density at radius 2 is 2.22 bits per heavy atom. The van der Waals surface area contributed by atoms with E-state index in [0.29, 0.717) is 0 Å². The van der Waals surface area contributed by atoms with Crippen molar-refractivity contribution in [2.45, 2.75) is 19.8 Å². The minimum absolute atomic E-state index is 0.184. The molecule has 1 N–H and O–H groups in total. The van der Waals surface area contributed by atoms with E-state index in [1.165, 1.54) is 6.07 Å². The topological polar surface area (TPSA) is 70.3 Å². The van der Waals surface area contributed by atoms with E-state index < -0.39 is 23.7 Å². The molecule has 1 aromatic rings. The van der Waals surface area contributed by atoms with Crippen LogP contribution in [0.3, 0.4) is 0 Å². The van der Waals surface area contributed by atoms with Gasteiger partial charge >= 0.3 is 5.97 Å². The summed E-state index contributed by atoms with van der Waals surface area (Å²) in [6.45, 7) is 1.81. The number of esters is 1. The number of rotatable bonds is 4. The number of halogens is 2. The maximum absolute atomic E-state index is 12.6. The van der Waals surface area contributed by atoms with Gasteiger partial charge in [0.2, 0.25) is 0 Å². The van der Waals surface area contributed by atoms with E-state index in [-0.39, 0.29) is 24.2 Å². The van der Waals surface area contributed by atoms with Crippen molar-refractivity contribution in [1.82, 2.24) is 0 Å². The van der Waals surface area contributed by atoms with Gasteiger partial charge < -0.3 is 9.84 Å². The number of benzene rings is 1. The quantitative estimate of drug-likeness (QED) is 0.838. The molecule has 0 saturated heterocycles. The van der Waals surface area contributed by atoms with Crippen molar-refractivity contribution < 1.29 is 23.4 Å². The predicted molar refractivity (Wildman–Crippen MR) is 58.1 cm³/mol. The number of hydrogen-bond donors (Lipinski definition) is 1. The van der Waals surface area contributed by atoms with Crippen LogP contribution in [0.5, 0.6) is 5.75 Å². The molecule has 4 nitrogen and oxygen atoms in total. The molecule has 0 aromatic heterocycles. The standard InChI is InChI=1S/C12H11F2NO3/c1-2-18-10(16)5-7-3-8(6-15)11(17)9(4-7)12(13)14/h3-4,12,17H,2,5H2,1H3. The van der Waals surface area contributed by atoms with E-state index in [2.05, 4.69) is 4.74 Å². The highest BCUT2D eigenvalue weighted by Crippen LogP contribution is 2.32. The van der Waals surface area contributed by atoms with Crippen molar-refractivity contribution >= 4 is 5.97 Å². The first-order chi connectivity index (χ1) is 8.49. The van der Waals surface area contributed by atoms with Crippen LogP contribution in [0.2, 0.25) is 0 Å². The highest BCUT2D eigenvalue weighted by atomic mass is 19.3. The normalized spacial score (nSPS) is 10.2. The third-order valence-corrected chi connectivity index (χ3v) is 2.21. The van der Waals surface area contributed by atoms with Gasteiger partial charge in [-0.3, -0.25) is 4.79 Å². The maximum Gasteiger partial charge on any atom is 0.310 e. The molecule has 1 rings (SSSR count). The number of nitrogens with zero attached hydrogens (tertiary/aromatic N) is 1. The van der Waals surface area contributed by atoms with Crippen molar-refractivity contribution in [3.8, 4) is 11.8 Å². The summed E-state index contributed by atoms with van der Waals surface area (Å²) < 4.78 is 29.9. The van der Waals surface area contributed by atoms with Gasteiger partial charge in [-0.05, 0) is 24.6 Å². The maximum atomic E-state index is 12.6. The van der Waals surface area contributed by atoms with E-state index in [0.717, 1.165) is 6.07 Å². The number of aromatic hydroxyl groups is 1. The van der Waals surface area contributed by atoms with Gasteiger partial charge in [0.05, 0.1) is 24.2 Å². The summed E-state index contributed by atoms with van der Waals surface area (Å²) in [6.07, 6.45) is -3.14. The van der Waals surface area contributed by atoms with Crippen LogP contribution >= 0.6 is 0 Å². The Labute approximate surface area is 102 Å². The lowest BCUT2D eigenvalue weighted by atomic mass is 10.0. The van der Waals surface area contributed by atoms with Gasteiger partial charge in [0.15, 0.2) is 0 Å². The van der Waals surface area contributed by atoms with Crippen molar-refractivity contribution in [2.75, 3.05) is 6.61 Å². The molecular formula is C12H11F2NO3. The molecule has 0 aliphatic carbocycles. The van der Waals surface area contributed by atoms with Crippen LogP contribution < -0.4 is 0 Å². The van der Waals surface area contributed by atoms with Gasteiger partial charge in [0.25, 0.3) is 6.43 Å². The van der Waals surface area contributed by atoms with Gasteiger partial charge in [-0.2, -0.15) is 5.26 Å². The minimum atomic E-state index is -2.92. The zero-order chi connectivity index (χ0) is 13.7. The molecule has 96 valence electrons. The number of phenolic OH excluding ortho intramolecular Hbond substituents is 1. The lowest BCUT2D eigenvalue weighted by Gasteiger charge is -2.08. The molecule has 0 saturated carbocycles. The fourth-order valence-electron chi connectivity index (χ4n) is 1.45. The molecule has 0 aliphatic heterocycles. The number of alkyl halides is 2. The number of phenols is 1. The predicted octanol–water partition coefficient (Wildman–Crippen LogP) is 2.31. The average molecular weight is 255 g/mol. The average Bonchev–Trinajstić information content (AvgIpc) is 2.31. The van der Waals surface area contributed by atoms with Crippen LogP contribution in [0.25, 0.3) is 0 Å². The van der Waals surface area contributed by atoms with Crippen molar-refractivity contribution in [1.29, 1.82) is 5.26 Å². The number of carbonyl (C=O) groups excluding carboxylic acids is 1. The van der Waals surface area contributed by atoms with Gasteiger partial charge in [0.1, 0.15) is 11.8 Å². The highest BCUT2D eigenvalue weighted by molar-refractivity contribution is 5.73. The SMILES string of the molecule is CCOC(=O)Cc1cc(C#N)c(O)c(C(F)F)c1. The Kier molecular flexibility index (Phi) is 4.60. The van der Waals surface area contributed by atoms with E-state index >= 15 is 0 Å². The third-order valence-electron chi connectivity index (χ3n) is 2.21. The fraction of sp³-hybridized carbons (Fsp3) is 0.333. The minimum Gasteiger partial charge on any atom is -0.506 e. The van der Waals surface area contributed by atoms with Crippen LogP contribution in [-0.4, -0.2) is 17.7 Å². The Bertz CT molecular complexity index is 495. The zero-order valence-electron chi connectivity index (χ0n) is 9.61. The second-order valence-corrected chi connectivity index (χ2v) is 3.48. The molecule has 0 spiro atoms. The largest absolute Gasteiger partial charge is 0.506 e. The van der Waals surface area contributed by atoms with Crippen LogP contribution in [0.1, 0.15) is 30.0 Å². The molecule has 1 aromatic carbocycles. The first kappa shape index (κ1) is 13.9. The van der Waals surface area contributed by atoms with Gasteiger partial charge in [-0.1, -0.05) is 0 Å². The molecule has 0 atom stereocenters. The molecule has 18 heavy (non-hydrogen) atoms. The molecule has 0 heterocycles. The smallest absolute Gasteiger partial charge is 0.310 e. The Balaban J connectivity index is 3.11. The lowest BCUT2D eigenvalue weighted by molar-refractivity contribution is -0.142. The summed E-state index contributed by atoms with van der Waals surface area (Å²) in [6, 6.07) is 3.79. The Morgan fingerprint density at radius 1 is 1.56 bits per heavy atom. The Hall–Kier alpha value is -2.16. The molecule has 0 radical (unpaired) electrons. The van der Waals surface area contributed by atoms with E-state index in [9.17, 15) is 18.7 Å². The monoisotopic (exact) mass is 255 g/mol. The van der Waals surface area contributed by atoms with Crippen LogP contribution in [0, 0.1) is 11.3 Å². The lowest BCUT2D eigenvalue weighted by Crippen LogP contribution is -2.08. The number of carbonyl (C=O) groups is 1. The molecule has 0 fully saturated rings. The number of ether oxygens (including phenoxy) is 1. The molecular weight excluding hydrogens is 244 g/mol. The fourth-order valence-corrected chi connectivity index (χ4v) is 1.45. The van der Waals surface area contributed by atoms with Gasteiger partial charge in [-0.15, -0.1) is 0 Å². The van der Waals surface area contributed by atoms with Crippen molar-refractivity contribution in [2.24, 2.45) is 0 Å². The number of nitriles is 1. The molecule has 0 aliphatic rings. The first-order valence-electron chi connectivity index (χ1n) is 5.19. The molecule has 0 unspecified atom stereocenters. The summed E-state index contributed by atoms with van der Waals surface area (Å²) in [5.74, 6) is -1.33. The molecule has 6 heteroatoms. The Morgan fingerprint density at radius 3 is 2.72 bits per heavy atom. The summed E-state index contributed by atoms with van der Waals surface area (Å²) in [5, 5.41) is 18.1. The van der Waals surface area contributed by atoms with E-state index in [4.69, 9.17) is 5.26 Å². The van der Waals surface area contributed by atoms with Crippen LogP contribution in [0.15, 0.2) is 12.1 Å². The van der Waals surface area contributed by atoms with E-state index in [1.807, 2.05) is 0 Å². The summed E-state index contributed by atoms with van der Waals surface area (Å²) in [4.78, 5) is 11.2. The highest BCUT2D eigenvalue weighted by Gasteiger charge is 2.18. The van der Waals surface area contributed by atoms with Crippen molar-refractivity contribution in [3.63, 3.8) is 0 Å². The first-order valence-corrected chi connectivity index (χ1v) is 5.19. The summed E-state index contributed by atoms with van der Waals surface area (Å²) in [7, 11) is 0. The van der Waals surface area contributed by atoms with Gasteiger partial charge in [-0.25, -0.2) is 8.78 Å². The second-order valence-electron chi connectivity index (χ2n) is 3.48.